The van der Waals surface area contributed by atoms with Gasteiger partial charge >= 0.3 is 0 Å². The van der Waals surface area contributed by atoms with Gasteiger partial charge in [0, 0.05) is 11.3 Å². The molecule has 68 valence electrons. The maximum atomic E-state index is 11.0. The van der Waals surface area contributed by atoms with Crippen LogP contribution in [0.15, 0.2) is 30.3 Å². The van der Waals surface area contributed by atoms with E-state index in [0.29, 0.717) is 0 Å². The van der Waals surface area contributed by atoms with Crippen LogP contribution in [0.4, 0.5) is 0 Å². The fraction of sp³-hybridized carbons (Fsp3) is 0.364. The van der Waals surface area contributed by atoms with Crippen molar-refractivity contribution in [1.82, 2.24) is 0 Å². The Bertz CT molecular complexity index is 333. The standard InChI is InChI=1S/C11H13NO/c1-11(7-9(11)10(12)13)8-5-3-2-4-6-8/h2-6,9H,7H2,1H3,(H2,12,13)/t9-,11-/m0/s1. The normalized spacial score (nSPS) is 31.3. The third-order valence-corrected chi connectivity index (χ3v) is 3.01. The highest BCUT2D eigenvalue weighted by Gasteiger charge is 2.54. The highest BCUT2D eigenvalue weighted by Crippen LogP contribution is 2.53. The molecule has 2 atom stereocenters. The number of rotatable bonds is 2. The minimum Gasteiger partial charge on any atom is -0.369 e. The van der Waals surface area contributed by atoms with E-state index in [1.165, 1.54) is 5.56 Å². The van der Waals surface area contributed by atoms with E-state index in [9.17, 15) is 4.79 Å². The second kappa shape index (κ2) is 2.59. The quantitative estimate of drug-likeness (QED) is 0.726. The molecule has 2 rings (SSSR count). The van der Waals surface area contributed by atoms with E-state index in [0.717, 1.165) is 6.42 Å². The van der Waals surface area contributed by atoms with Gasteiger partial charge in [-0.1, -0.05) is 37.3 Å². The van der Waals surface area contributed by atoms with Crippen molar-refractivity contribution in [2.45, 2.75) is 18.8 Å². The van der Waals surface area contributed by atoms with Crippen LogP contribution >= 0.6 is 0 Å². The van der Waals surface area contributed by atoms with Gasteiger partial charge in [-0.2, -0.15) is 0 Å². The molecule has 13 heavy (non-hydrogen) atoms. The van der Waals surface area contributed by atoms with Crippen LogP contribution in [0.1, 0.15) is 18.9 Å². The van der Waals surface area contributed by atoms with Gasteiger partial charge in [0.2, 0.25) is 5.91 Å². The highest BCUT2D eigenvalue weighted by atomic mass is 16.1. The summed E-state index contributed by atoms with van der Waals surface area (Å²) in [6.07, 6.45) is 0.895. The lowest BCUT2D eigenvalue weighted by Crippen LogP contribution is -2.19. The molecule has 0 heterocycles. The summed E-state index contributed by atoms with van der Waals surface area (Å²) in [5, 5.41) is 0. The maximum Gasteiger partial charge on any atom is 0.221 e. The van der Waals surface area contributed by atoms with E-state index in [1.807, 2.05) is 18.2 Å². The average molecular weight is 175 g/mol. The minimum atomic E-state index is -0.175. The zero-order valence-electron chi connectivity index (χ0n) is 7.66. The first-order valence-corrected chi connectivity index (χ1v) is 4.49. The van der Waals surface area contributed by atoms with Crippen LogP contribution in [0.5, 0.6) is 0 Å². The Morgan fingerprint density at radius 2 is 2.08 bits per heavy atom. The molecule has 1 saturated carbocycles. The molecular formula is C11H13NO. The number of hydrogen-bond acceptors (Lipinski definition) is 1. The summed E-state index contributed by atoms with van der Waals surface area (Å²) in [7, 11) is 0. The monoisotopic (exact) mass is 175 g/mol. The van der Waals surface area contributed by atoms with Crippen molar-refractivity contribution < 1.29 is 4.79 Å². The molecule has 1 aromatic rings. The summed E-state index contributed by atoms with van der Waals surface area (Å²) in [5.74, 6) is -0.138. The first-order chi connectivity index (χ1) is 6.14. The maximum absolute atomic E-state index is 11.0. The molecule has 0 spiro atoms. The van der Waals surface area contributed by atoms with E-state index < -0.39 is 0 Å². The number of primary amides is 1. The Balaban J connectivity index is 2.25. The predicted octanol–water partition coefficient (Wildman–Crippen LogP) is 1.45. The molecule has 1 amide bonds. The molecule has 2 N–H and O–H groups in total. The lowest BCUT2D eigenvalue weighted by atomic mass is 9.95. The van der Waals surface area contributed by atoms with E-state index in [2.05, 4.69) is 19.1 Å². The predicted molar refractivity (Wildman–Crippen MR) is 51.1 cm³/mol. The van der Waals surface area contributed by atoms with Crippen molar-refractivity contribution in [2.75, 3.05) is 0 Å². The van der Waals surface area contributed by atoms with Gasteiger partial charge in [-0.05, 0) is 12.0 Å². The van der Waals surface area contributed by atoms with Gasteiger partial charge in [0.15, 0.2) is 0 Å². The third kappa shape index (κ3) is 1.22. The zero-order chi connectivity index (χ0) is 9.47. The van der Waals surface area contributed by atoms with E-state index in [4.69, 9.17) is 5.73 Å². The lowest BCUT2D eigenvalue weighted by molar-refractivity contribution is -0.119. The lowest BCUT2D eigenvalue weighted by Gasteiger charge is -2.09. The number of nitrogens with two attached hydrogens (primary N) is 1. The van der Waals surface area contributed by atoms with E-state index >= 15 is 0 Å². The minimum absolute atomic E-state index is 0.00704. The van der Waals surface area contributed by atoms with Gasteiger partial charge in [-0.3, -0.25) is 4.79 Å². The fourth-order valence-corrected chi connectivity index (χ4v) is 1.92. The number of carbonyl (C=O) groups excluding carboxylic acids is 1. The van der Waals surface area contributed by atoms with Crippen LogP contribution in [-0.2, 0) is 10.2 Å². The molecule has 0 aromatic heterocycles. The van der Waals surface area contributed by atoms with Crippen LogP contribution < -0.4 is 5.73 Å². The number of amides is 1. The Morgan fingerprint density at radius 1 is 1.46 bits per heavy atom. The Morgan fingerprint density at radius 3 is 2.54 bits per heavy atom. The highest BCUT2D eigenvalue weighted by molar-refractivity contribution is 5.82. The molecule has 1 aliphatic carbocycles. The van der Waals surface area contributed by atoms with Crippen LogP contribution in [-0.4, -0.2) is 5.91 Å². The topological polar surface area (TPSA) is 43.1 Å². The zero-order valence-corrected chi connectivity index (χ0v) is 7.66. The van der Waals surface area contributed by atoms with Crippen LogP contribution in [0.25, 0.3) is 0 Å². The van der Waals surface area contributed by atoms with Gasteiger partial charge in [0.25, 0.3) is 0 Å². The molecule has 1 aliphatic rings. The first-order valence-electron chi connectivity index (χ1n) is 4.49. The van der Waals surface area contributed by atoms with Gasteiger partial charge in [0.1, 0.15) is 0 Å². The van der Waals surface area contributed by atoms with Crippen molar-refractivity contribution in [2.24, 2.45) is 11.7 Å². The SMILES string of the molecule is C[C@@]1(c2ccccc2)C[C@H]1C(N)=O. The second-order valence-corrected chi connectivity index (χ2v) is 3.94. The van der Waals surface area contributed by atoms with Crippen molar-refractivity contribution in [3.05, 3.63) is 35.9 Å². The Hall–Kier alpha value is -1.31. The molecule has 1 fully saturated rings. The molecule has 0 unspecified atom stereocenters. The summed E-state index contributed by atoms with van der Waals surface area (Å²) < 4.78 is 0. The molecule has 0 radical (unpaired) electrons. The van der Waals surface area contributed by atoms with Gasteiger partial charge in [0.05, 0.1) is 0 Å². The smallest absolute Gasteiger partial charge is 0.221 e. The van der Waals surface area contributed by atoms with Gasteiger partial charge < -0.3 is 5.73 Å². The molecule has 2 nitrogen and oxygen atoms in total. The molecule has 2 heteroatoms. The number of carbonyl (C=O) groups is 1. The molecule has 0 saturated heterocycles. The molecule has 1 aromatic carbocycles. The van der Waals surface area contributed by atoms with Gasteiger partial charge in [-0.25, -0.2) is 0 Å². The van der Waals surface area contributed by atoms with Crippen molar-refractivity contribution in [3.63, 3.8) is 0 Å². The number of hydrogen-bond donors (Lipinski definition) is 1. The fourth-order valence-electron chi connectivity index (χ4n) is 1.92. The van der Waals surface area contributed by atoms with Crippen molar-refractivity contribution in [3.8, 4) is 0 Å². The summed E-state index contributed by atoms with van der Waals surface area (Å²) in [6, 6.07) is 10.1. The average Bonchev–Trinajstić information content (AvgIpc) is 2.82. The summed E-state index contributed by atoms with van der Waals surface area (Å²) in [4.78, 5) is 11.0. The summed E-state index contributed by atoms with van der Waals surface area (Å²) in [5.41, 5.74) is 6.50. The molecule has 0 bridgehead atoms. The van der Waals surface area contributed by atoms with Crippen LogP contribution in [0.2, 0.25) is 0 Å². The van der Waals surface area contributed by atoms with Crippen molar-refractivity contribution >= 4 is 5.91 Å². The Labute approximate surface area is 77.8 Å². The third-order valence-electron chi connectivity index (χ3n) is 3.01. The van der Waals surface area contributed by atoms with E-state index in [1.54, 1.807) is 0 Å². The first kappa shape index (κ1) is 8.30. The van der Waals surface area contributed by atoms with Gasteiger partial charge in [-0.15, -0.1) is 0 Å². The van der Waals surface area contributed by atoms with Crippen molar-refractivity contribution in [1.29, 1.82) is 0 Å². The van der Waals surface area contributed by atoms with E-state index in [-0.39, 0.29) is 17.2 Å². The van der Waals surface area contributed by atoms with Crippen LogP contribution in [0.3, 0.4) is 0 Å². The second-order valence-electron chi connectivity index (χ2n) is 3.94. The summed E-state index contributed by atoms with van der Waals surface area (Å²) >= 11 is 0. The van der Waals surface area contributed by atoms with Crippen LogP contribution in [0, 0.1) is 5.92 Å². The molecule has 0 aliphatic heterocycles. The number of benzene rings is 1. The molecular weight excluding hydrogens is 162 g/mol. The largest absolute Gasteiger partial charge is 0.369 e. The summed E-state index contributed by atoms with van der Waals surface area (Å²) in [6.45, 7) is 2.09. The Kier molecular flexibility index (Phi) is 1.65.